The normalized spacial score (nSPS) is 27.2. The van der Waals surface area contributed by atoms with Crippen molar-refractivity contribution in [2.45, 2.75) is 48.4 Å². The van der Waals surface area contributed by atoms with Crippen LogP contribution in [0.3, 0.4) is 0 Å². The van der Waals surface area contributed by atoms with E-state index in [0.717, 1.165) is 12.8 Å². The van der Waals surface area contributed by atoms with Crippen molar-refractivity contribution in [1.29, 1.82) is 0 Å². The molecule has 2 aliphatic carbocycles. The molecule has 2 N–H and O–H groups in total. The average Bonchev–Trinajstić information content (AvgIpc) is 2.92. The minimum absolute atomic E-state index is 0.0232. The van der Waals surface area contributed by atoms with Gasteiger partial charge in [0.05, 0.1) is 27.9 Å². The number of fused-ring (bicyclic) bond motifs is 2. The number of nitrogens with one attached hydrogen (secondary N) is 1. The minimum Gasteiger partial charge on any atom is -0.494 e. The highest BCUT2D eigenvalue weighted by Crippen LogP contribution is 2.51. The van der Waals surface area contributed by atoms with Gasteiger partial charge >= 0.3 is 0 Å². The van der Waals surface area contributed by atoms with E-state index in [-0.39, 0.29) is 33.1 Å². The van der Waals surface area contributed by atoms with Gasteiger partial charge in [0, 0.05) is 17.3 Å². The van der Waals surface area contributed by atoms with Crippen molar-refractivity contribution < 1.29 is 27.4 Å². The van der Waals surface area contributed by atoms with Crippen LogP contribution in [-0.4, -0.2) is 37.4 Å². The molecule has 2 aromatic rings. The summed E-state index contributed by atoms with van der Waals surface area (Å²) in [6.07, 6.45) is 2.35. The molecule has 2 aromatic carbocycles. The number of halogens is 2. The first-order valence-electron chi connectivity index (χ1n) is 10.4. The number of hydrogen-bond acceptors (Lipinski definition) is 5. The number of methoxy groups -OCH3 is 1. The molecule has 2 fully saturated rings. The van der Waals surface area contributed by atoms with Crippen molar-refractivity contribution in [3.63, 3.8) is 0 Å². The maximum absolute atomic E-state index is 13.6. The van der Waals surface area contributed by atoms with Gasteiger partial charge in [0.1, 0.15) is 0 Å². The van der Waals surface area contributed by atoms with Crippen molar-refractivity contribution in [2.24, 2.45) is 11.8 Å². The van der Waals surface area contributed by atoms with Gasteiger partial charge in [-0.3, -0.25) is 4.79 Å². The van der Waals surface area contributed by atoms with Gasteiger partial charge in [0.15, 0.2) is 21.4 Å². The Kier molecular flexibility index (Phi) is 5.98. The van der Waals surface area contributed by atoms with Gasteiger partial charge in [-0.2, -0.15) is 0 Å². The van der Waals surface area contributed by atoms with Crippen LogP contribution in [0.2, 0.25) is 5.02 Å². The first kappa shape index (κ1) is 23.0. The fourth-order valence-electron chi connectivity index (χ4n) is 5.00. The van der Waals surface area contributed by atoms with Crippen LogP contribution in [0, 0.1) is 17.7 Å². The van der Waals surface area contributed by atoms with Crippen LogP contribution in [-0.2, 0) is 9.84 Å². The van der Waals surface area contributed by atoms with E-state index in [9.17, 15) is 22.7 Å². The van der Waals surface area contributed by atoms with Crippen LogP contribution in [0.1, 0.15) is 43.0 Å². The number of ether oxygens (including phenoxy) is 1. The summed E-state index contributed by atoms with van der Waals surface area (Å²) < 4.78 is 45.4. The van der Waals surface area contributed by atoms with Crippen molar-refractivity contribution in [2.75, 3.05) is 12.4 Å². The summed E-state index contributed by atoms with van der Waals surface area (Å²) in [7, 11) is -2.49. The maximum atomic E-state index is 13.6. The second-order valence-electron chi connectivity index (χ2n) is 8.78. The van der Waals surface area contributed by atoms with E-state index in [4.69, 9.17) is 16.3 Å². The zero-order valence-electron chi connectivity index (χ0n) is 17.8. The number of aliphatic hydroxyl groups is 1. The van der Waals surface area contributed by atoms with E-state index >= 15 is 0 Å². The van der Waals surface area contributed by atoms with Gasteiger partial charge in [-0.15, -0.1) is 0 Å². The molecule has 2 saturated carbocycles. The molecule has 2 bridgehead atoms. The van der Waals surface area contributed by atoms with Gasteiger partial charge < -0.3 is 15.2 Å². The highest BCUT2D eigenvalue weighted by atomic mass is 35.5. The molecular weight excluding hydrogens is 457 g/mol. The lowest BCUT2D eigenvalue weighted by molar-refractivity contribution is -0.0413. The van der Waals surface area contributed by atoms with E-state index < -0.39 is 32.4 Å². The molecule has 1 amide bonds. The Morgan fingerprint density at radius 1 is 1.19 bits per heavy atom. The number of carbonyl (C=O) groups excluding carboxylic acids is 1. The van der Waals surface area contributed by atoms with Crippen LogP contribution in [0.5, 0.6) is 5.75 Å². The smallest absolute Gasteiger partial charge is 0.255 e. The lowest BCUT2D eigenvalue weighted by Crippen LogP contribution is -2.45. The molecule has 0 aromatic heterocycles. The second-order valence-corrected chi connectivity index (χ2v) is 11.4. The van der Waals surface area contributed by atoms with Gasteiger partial charge in [-0.25, -0.2) is 12.8 Å². The number of benzene rings is 2. The van der Waals surface area contributed by atoms with E-state index in [2.05, 4.69) is 5.32 Å². The largest absolute Gasteiger partial charge is 0.494 e. The Labute approximate surface area is 191 Å². The molecule has 2 atom stereocenters. The second kappa shape index (κ2) is 8.32. The highest BCUT2D eigenvalue weighted by Gasteiger charge is 2.53. The SMILES string of the molecule is COc1cc(NC(=O)c2ccc(Cl)c(S(=O)(=O)C3CC4CCC(C3)C4(C)O)c2)ccc1F. The van der Waals surface area contributed by atoms with Gasteiger partial charge in [-0.05, 0) is 74.8 Å². The number of sulfone groups is 1. The molecule has 9 heteroatoms. The number of hydrogen-bond donors (Lipinski definition) is 2. The summed E-state index contributed by atoms with van der Waals surface area (Å²) >= 11 is 6.25. The van der Waals surface area contributed by atoms with E-state index in [1.807, 2.05) is 0 Å². The molecule has 2 aliphatic rings. The zero-order valence-corrected chi connectivity index (χ0v) is 19.3. The van der Waals surface area contributed by atoms with E-state index in [0.29, 0.717) is 18.5 Å². The third kappa shape index (κ3) is 4.00. The Morgan fingerprint density at radius 3 is 2.47 bits per heavy atom. The zero-order chi connectivity index (χ0) is 23.3. The molecule has 6 nitrogen and oxygen atoms in total. The Bertz CT molecular complexity index is 1150. The summed E-state index contributed by atoms with van der Waals surface area (Å²) in [6.45, 7) is 1.79. The standard InChI is InChI=1S/C23H25ClFNO5S/c1-23(28)14-4-5-15(23)11-17(10-14)32(29,30)21-9-13(3-7-18(21)24)22(27)26-16-6-8-19(25)20(12-16)31-2/h3,6-9,12,14-15,17,28H,4-5,10-11H2,1-2H3,(H,26,27). The monoisotopic (exact) mass is 481 g/mol. The van der Waals surface area contributed by atoms with Crippen LogP contribution in [0.4, 0.5) is 10.1 Å². The van der Waals surface area contributed by atoms with E-state index in [1.165, 1.54) is 43.5 Å². The predicted molar refractivity (Wildman–Crippen MR) is 119 cm³/mol. The summed E-state index contributed by atoms with van der Waals surface area (Å²) in [5.74, 6) is -1.28. The molecule has 172 valence electrons. The van der Waals surface area contributed by atoms with Crippen LogP contribution >= 0.6 is 11.6 Å². The molecule has 32 heavy (non-hydrogen) atoms. The first-order valence-corrected chi connectivity index (χ1v) is 12.4. The summed E-state index contributed by atoms with van der Waals surface area (Å²) in [5, 5.41) is 12.7. The maximum Gasteiger partial charge on any atom is 0.255 e. The number of rotatable bonds is 5. The lowest BCUT2D eigenvalue weighted by Gasteiger charge is -2.40. The Hall–Kier alpha value is -2.16. The summed E-state index contributed by atoms with van der Waals surface area (Å²) in [6, 6.07) is 7.99. The fraction of sp³-hybridized carbons (Fsp3) is 0.435. The number of carbonyl (C=O) groups is 1. The average molecular weight is 482 g/mol. The molecule has 0 radical (unpaired) electrons. The Balaban J connectivity index is 1.59. The molecule has 0 heterocycles. The topological polar surface area (TPSA) is 92.7 Å². The van der Waals surface area contributed by atoms with Crippen LogP contribution in [0.25, 0.3) is 0 Å². The van der Waals surface area contributed by atoms with Gasteiger partial charge in [0.2, 0.25) is 0 Å². The number of amides is 1. The third-order valence-electron chi connectivity index (χ3n) is 6.96. The van der Waals surface area contributed by atoms with Crippen molar-refractivity contribution in [3.05, 3.63) is 52.8 Å². The van der Waals surface area contributed by atoms with Crippen molar-refractivity contribution >= 4 is 33.0 Å². The lowest BCUT2D eigenvalue weighted by atomic mass is 9.76. The molecule has 0 spiro atoms. The van der Waals surface area contributed by atoms with Crippen molar-refractivity contribution in [3.8, 4) is 5.75 Å². The molecule has 0 aliphatic heterocycles. The van der Waals surface area contributed by atoms with E-state index in [1.54, 1.807) is 6.92 Å². The number of anilines is 1. The fourth-order valence-corrected chi connectivity index (χ4v) is 7.40. The third-order valence-corrected chi connectivity index (χ3v) is 9.61. The van der Waals surface area contributed by atoms with Crippen LogP contribution in [0.15, 0.2) is 41.3 Å². The van der Waals surface area contributed by atoms with Crippen molar-refractivity contribution in [1.82, 2.24) is 0 Å². The summed E-state index contributed by atoms with van der Waals surface area (Å²) in [5.41, 5.74) is -0.422. The molecule has 4 rings (SSSR count). The van der Waals surface area contributed by atoms with Gasteiger partial charge in [0.25, 0.3) is 5.91 Å². The molecular formula is C23H25ClFNO5S. The minimum atomic E-state index is -3.81. The summed E-state index contributed by atoms with van der Waals surface area (Å²) in [4.78, 5) is 12.7. The quantitative estimate of drug-likeness (QED) is 0.658. The Morgan fingerprint density at radius 2 is 1.84 bits per heavy atom. The molecule has 0 saturated heterocycles. The first-order chi connectivity index (χ1) is 15.0. The van der Waals surface area contributed by atoms with Gasteiger partial charge in [-0.1, -0.05) is 11.6 Å². The highest BCUT2D eigenvalue weighted by molar-refractivity contribution is 7.92. The predicted octanol–water partition coefficient (Wildman–Crippen LogP) is 4.45. The molecule has 2 unspecified atom stereocenters. The van der Waals surface area contributed by atoms with Crippen LogP contribution < -0.4 is 10.1 Å².